The molecule has 0 atom stereocenters. The first-order valence-corrected chi connectivity index (χ1v) is 9.23. The summed E-state index contributed by atoms with van der Waals surface area (Å²) in [6, 6.07) is 13.0. The van der Waals surface area contributed by atoms with Gasteiger partial charge in [-0.1, -0.05) is 38.0 Å². The number of imidazole rings is 1. The van der Waals surface area contributed by atoms with E-state index in [1.54, 1.807) is 22.7 Å². The van der Waals surface area contributed by atoms with E-state index in [0.29, 0.717) is 17.7 Å². The Morgan fingerprint density at radius 1 is 1.07 bits per heavy atom. The molecule has 0 spiro atoms. The van der Waals surface area contributed by atoms with E-state index in [2.05, 4.69) is 22.5 Å². The number of nitrogens with zero attached hydrogens (tertiary/aromatic N) is 2. The van der Waals surface area contributed by atoms with Crippen LogP contribution in [0.2, 0.25) is 0 Å². The number of benzene rings is 1. The molecule has 6 nitrogen and oxygen atoms in total. The summed E-state index contributed by atoms with van der Waals surface area (Å²) in [6.07, 6.45) is 4.82. The third-order valence-corrected chi connectivity index (χ3v) is 4.31. The van der Waals surface area contributed by atoms with E-state index >= 15 is 0 Å². The van der Waals surface area contributed by atoms with Crippen molar-refractivity contribution in [3.8, 4) is 0 Å². The highest BCUT2D eigenvalue weighted by atomic mass is 16.2. The number of carbonyl (C=O) groups is 2. The van der Waals surface area contributed by atoms with E-state index in [0.717, 1.165) is 24.8 Å². The quantitative estimate of drug-likeness (QED) is 0.626. The smallest absolute Gasteiger partial charge is 0.292 e. The zero-order valence-corrected chi connectivity index (χ0v) is 15.7. The molecule has 2 amide bonds. The third-order valence-electron chi connectivity index (χ3n) is 4.31. The molecule has 0 saturated heterocycles. The molecule has 0 aliphatic heterocycles. The van der Waals surface area contributed by atoms with Gasteiger partial charge in [0.25, 0.3) is 11.8 Å². The lowest BCUT2D eigenvalue weighted by Crippen LogP contribution is -2.25. The van der Waals surface area contributed by atoms with Crippen LogP contribution in [0, 0.1) is 6.92 Å². The number of nitrogens with one attached hydrogen (secondary N) is 2. The SMILES string of the molecule is CCCCCNC(=O)c1nc(C(=O)Nc2cccc(C)c2)n2ccccc12. The van der Waals surface area contributed by atoms with Crippen LogP contribution in [0.4, 0.5) is 5.69 Å². The van der Waals surface area contributed by atoms with Gasteiger partial charge in [0.1, 0.15) is 0 Å². The Labute approximate surface area is 158 Å². The molecule has 1 aromatic carbocycles. The summed E-state index contributed by atoms with van der Waals surface area (Å²) in [4.78, 5) is 29.6. The number of carbonyl (C=O) groups excluding carboxylic acids is 2. The summed E-state index contributed by atoms with van der Waals surface area (Å²) in [5, 5.41) is 5.74. The summed E-state index contributed by atoms with van der Waals surface area (Å²) in [5.74, 6) is -0.429. The summed E-state index contributed by atoms with van der Waals surface area (Å²) in [6.45, 7) is 4.68. The molecule has 140 valence electrons. The number of fused-ring (bicyclic) bond motifs is 1. The van der Waals surface area contributed by atoms with Gasteiger partial charge in [-0.2, -0.15) is 0 Å². The van der Waals surface area contributed by atoms with Crippen LogP contribution in [-0.2, 0) is 0 Å². The number of amides is 2. The molecule has 0 aliphatic rings. The summed E-state index contributed by atoms with van der Waals surface area (Å²) < 4.78 is 1.64. The van der Waals surface area contributed by atoms with Crippen LogP contribution in [-0.4, -0.2) is 27.7 Å². The van der Waals surface area contributed by atoms with Gasteiger partial charge in [0.2, 0.25) is 5.82 Å². The van der Waals surface area contributed by atoms with Crippen LogP contribution < -0.4 is 10.6 Å². The predicted octanol–water partition coefficient (Wildman–Crippen LogP) is 3.82. The molecule has 0 radical (unpaired) electrons. The van der Waals surface area contributed by atoms with E-state index in [-0.39, 0.29) is 23.3 Å². The Kier molecular flexibility index (Phi) is 5.86. The van der Waals surface area contributed by atoms with Gasteiger partial charge in [-0.15, -0.1) is 0 Å². The van der Waals surface area contributed by atoms with Crippen molar-refractivity contribution in [3.63, 3.8) is 0 Å². The van der Waals surface area contributed by atoms with Crippen LogP contribution in [0.3, 0.4) is 0 Å². The molecule has 3 rings (SSSR count). The van der Waals surface area contributed by atoms with Gasteiger partial charge in [-0.3, -0.25) is 14.0 Å². The summed E-state index contributed by atoms with van der Waals surface area (Å²) >= 11 is 0. The second kappa shape index (κ2) is 8.49. The fourth-order valence-electron chi connectivity index (χ4n) is 2.94. The minimum absolute atomic E-state index is 0.186. The van der Waals surface area contributed by atoms with Crippen molar-refractivity contribution in [1.29, 1.82) is 0 Å². The second-order valence-corrected chi connectivity index (χ2v) is 6.53. The maximum atomic E-state index is 12.7. The normalized spacial score (nSPS) is 10.7. The molecule has 27 heavy (non-hydrogen) atoms. The van der Waals surface area contributed by atoms with Gasteiger partial charge in [-0.25, -0.2) is 4.98 Å². The fourth-order valence-corrected chi connectivity index (χ4v) is 2.94. The minimum atomic E-state index is -0.355. The molecule has 6 heteroatoms. The Bertz CT molecular complexity index is 962. The second-order valence-electron chi connectivity index (χ2n) is 6.53. The van der Waals surface area contributed by atoms with Crippen molar-refractivity contribution in [2.24, 2.45) is 0 Å². The van der Waals surface area contributed by atoms with E-state index < -0.39 is 0 Å². The first-order chi connectivity index (χ1) is 13.1. The van der Waals surface area contributed by atoms with Crippen LogP contribution in [0.25, 0.3) is 5.52 Å². The van der Waals surface area contributed by atoms with Crippen molar-refractivity contribution in [2.75, 3.05) is 11.9 Å². The lowest BCUT2D eigenvalue weighted by atomic mass is 10.2. The van der Waals surface area contributed by atoms with Gasteiger partial charge < -0.3 is 10.6 Å². The first-order valence-electron chi connectivity index (χ1n) is 9.23. The van der Waals surface area contributed by atoms with Gasteiger partial charge in [-0.05, 0) is 43.2 Å². The van der Waals surface area contributed by atoms with Crippen molar-refractivity contribution in [1.82, 2.24) is 14.7 Å². The number of hydrogen-bond donors (Lipinski definition) is 2. The number of anilines is 1. The molecule has 2 N–H and O–H groups in total. The standard InChI is InChI=1S/C21H24N4O2/c1-3-4-6-12-22-20(26)18-17-11-5-7-13-25(17)19(24-18)21(27)23-16-10-8-9-15(2)14-16/h5,7-11,13-14H,3-4,6,12H2,1-2H3,(H,22,26)(H,23,27). The zero-order chi connectivity index (χ0) is 19.2. The molecule has 2 heterocycles. The van der Waals surface area contributed by atoms with E-state index in [4.69, 9.17) is 0 Å². The molecular weight excluding hydrogens is 340 g/mol. The summed E-state index contributed by atoms with van der Waals surface area (Å²) in [5.41, 5.74) is 2.62. The monoisotopic (exact) mass is 364 g/mol. The molecular formula is C21H24N4O2. The average molecular weight is 364 g/mol. The van der Waals surface area contributed by atoms with E-state index in [9.17, 15) is 9.59 Å². The average Bonchev–Trinajstić information content (AvgIpc) is 3.05. The van der Waals surface area contributed by atoms with Crippen molar-refractivity contribution in [3.05, 3.63) is 65.7 Å². The predicted molar refractivity (Wildman–Crippen MR) is 106 cm³/mol. The molecule has 0 fully saturated rings. The van der Waals surface area contributed by atoms with E-state index in [1.807, 2.05) is 37.3 Å². The van der Waals surface area contributed by atoms with Crippen molar-refractivity contribution >= 4 is 23.0 Å². The molecule has 0 aliphatic carbocycles. The lowest BCUT2D eigenvalue weighted by molar-refractivity contribution is 0.0950. The number of aryl methyl sites for hydroxylation is 1. The van der Waals surface area contributed by atoms with Crippen LogP contribution in [0.15, 0.2) is 48.7 Å². The molecule has 2 aromatic heterocycles. The zero-order valence-electron chi connectivity index (χ0n) is 15.7. The minimum Gasteiger partial charge on any atom is -0.351 e. The Balaban J connectivity index is 1.85. The van der Waals surface area contributed by atoms with Crippen molar-refractivity contribution in [2.45, 2.75) is 33.1 Å². The van der Waals surface area contributed by atoms with Crippen LogP contribution in [0.1, 0.15) is 52.9 Å². The maximum Gasteiger partial charge on any atom is 0.292 e. The number of rotatable bonds is 7. The van der Waals surface area contributed by atoms with Crippen molar-refractivity contribution < 1.29 is 9.59 Å². The highest BCUT2D eigenvalue weighted by Gasteiger charge is 2.21. The number of aromatic nitrogens is 2. The first kappa shape index (κ1) is 18.6. The molecule has 0 bridgehead atoms. The van der Waals surface area contributed by atoms with Crippen LogP contribution in [0.5, 0.6) is 0 Å². The third kappa shape index (κ3) is 4.34. The Hall–Kier alpha value is -3.15. The van der Waals surface area contributed by atoms with E-state index in [1.165, 1.54) is 0 Å². The van der Waals surface area contributed by atoms with Crippen LogP contribution >= 0.6 is 0 Å². The molecule has 0 unspecified atom stereocenters. The maximum absolute atomic E-state index is 12.7. The fraction of sp³-hybridized carbons (Fsp3) is 0.286. The Morgan fingerprint density at radius 2 is 1.93 bits per heavy atom. The highest BCUT2D eigenvalue weighted by Crippen LogP contribution is 2.16. The summed E-state index contributed by atoms with van der Waals surface area (Å²) in [7, 11) is 0. The Morgan fingerprint density at radius 3 is 2.70 bits per heavy atom. The van der Waals surface area contributed by atoms with Gasteiger partial charge in [0, 0.05) is 18.4 Å². The van der Waals surface area contributed by atoms with Gasteiger partial charge >= 0.3 is 0 Å². The highest BCUT2D eigenvalue weighted by molar-refractivity contribution is 6.06. The number of hydrogen-bond acceptors (Lipinski definition) is 3. The van der Waals surface area contributed by atoms with Gasteiger partial charge in [0.05, 0.1) is 5.52 Å². The molecule has 3 aromatic rings. The number of unbranched alkanes of at least 4 members (excludes halogenated alkanes) is 2. The lowest BCUT2D eigenvalue weighted by Gasteiger charge is -2.05. The topological polar surface area (TPSA) is 75.5 Å². The molecule has 0 saturated carbocycles. The van der Waals surface area contributed by atoms with Gasteiger partial charge in [0.15, 0.2) is 5.69 Å². The number of pyridine rings is 1. The largest absolute Gasteiger partial charge is 0.351 e.